The van der Waals surface area contributed by atoms with E-state index in [1.807, 2.05) is 37.3 Å². The number of benzene rings is 2. The van der Waals surface area contributed by atoms with Crippen LogP contribution in [0.1, 0.15) is 18.1 Å². The Morgan fingerprint density at radius 2 is 1.88 bits per heavy atom. The minimum atomic E-state index is -3.64. The maximum Gasteiger partial charge on any atom is 0.243 e. The molecule has 0 aliphatic carbocycles. The fourth-order valence-electron chi connectivity index (χ4n) is 2.39. The molecular weight excluding hydrogens is 336 g/mol. The van der Waals surface area contributed by atoms with E-state index in [1.165, 1.54) is 23.5 Å². The van der Waals surface area contributed by atoms with Gasteiger partial charge in [0.2, 0.25) is 10.0 Å². The van der Waals surface area contributed by atoms with Crippen molar-refractivity contribution >= 4 is 10.0 Å². The third-order valence-corrected chi connectivity index (χ3v) is 5.61. The number of nitrogens with two attached hydrogens (primary N) is 1. The highest BCUT2D eigenvalue weighted by molar-refractivity contribution is 7.89. The molecule has 0 aromatic heterocycles. The molecule has 6 heteroatoms. The topological polar surface area (TPSA) is 72.6 Å². The predicted octanol–water partition coefficient (Wildman–Crippen LogP) is 2.22. The molecule has 0 saturated carbocycles. The highest BCUT2D eigenvalue weighted by Crippen LogP contribution is 2.25. The minimum absolute atomic E-state index is 0.187. The molecule has 0 fully saturated rings. The van der Waals surface area contributed by atoms with E-state index in [-0.39, 0.29) is 11.4 Å². The van der Waals surface area contributed by atoms with Crippen molar-refractivity contribution in [3.8, 4) is 17.6 Å². The van der Waals surface area contributed by atoms with E-state index in [4.69, 9.17) is 10.5 Å². The third-order valence-electron chi connectivity index (χ3n) is 3.69. The molecule has 0 amide bonds. The number of hydrogen-bond acceptors (Lipinski definition) is 4. The summed E-state index contributed by atoms with van der Waals surface area (Å²) >= 11 is 0. The van der Waals surface area contributed by atoms with E-state index in [2.05, 4.69) is 11.8 Å². The molecule has 0 saturated heterocycles. The predicted molar refractivity (Wildman–Crippen MR) is 98.6 cm³/mol. The molecule has 0 heterocycles. The summed E-state index contributed by atoms with van der Waals surface area (Å²) in [6.45, 7) is 2.69. The SMILES string of the molecule is CCN(Cc1ccccc1)S(=O)(=O)c1ccc(OC)c(C#CCN)c1. The van der Waals surface area contributed by atoms with Crippen LogP contribution in [0.5, 0.6) is 5.75 Å². The average Bonchev–Trinajstić information content (AvgIpc) is 2.64. The van der Waals surface area contributed by atoms with Crippen LogP contribution in [0.4, 0.5) is 0 Å². The summed E-state index contributed by atoms with van der Waals surface area (Å²) in [5.74, 6) is 6.11. The molecule has 25 heavy (non-hydrogen) atoms. The summed E-state index contributed by atoms with van der Waals surface area (Å²) in [7, 11) is -2.12. The molecule has 2 aromatic carbocycles. The second-order valence-electron chi connectivity index (χ2n) is 5.28. The summed E-state index contributed by atoms with van der Waals surface area (Å²) in [5.41, 5.74) is 6.85. The second-order valence-corrected chi connectivity index (χ2v) is 7.22. The lowest BCUT2D eigenvalue weighted by Crippen LogP contribution is -2.30. The molecule has 2 N–H and O–H groups in total. The Labute approximate surface area is 149 Å². The van der Waals surface area contributed by atoms with Gasteiger partial charge in [0.15, 0.2) is 0 Å². The van der Waals surface area contributed by atoms with Gasteiger partial charge in [0.1, 0.15) is 5.75 Å². The van der Waals surface area contributed by atoms with Crippen LogP contribution >= 0.6 is 0 Å². The maximum absolute atomic E-state index is 13.0. The minimum Gasteiger partial charge on any atom is -0.495 e. The van der Waals surface area contributed by atoms with Crippen molar-refractivity contribution in [2.24, 2.45) is 5.73 Å². The number of methoxy groups -OCH3 is 1. The van der Waals surface area contributed by atoms with Gasteiger partial charge in [-0.3, -0.25) is 0 Å². The first kappa shape index (κ1) is 19.0. The van der Waals surface area contributed by atoms with Gasteiger partial charge in [-0.15, -0.1) is 0 Å². The molecule has 0 atom stereocenters. The standard InChI is InChI=1S/C19H22N2O3S/c1-3-21(15-16-8-5-4-6-9-16)25(22,23)18-11-12-19(24-2)17(14-18)10-7-13-20/h4-6,8-9,11-12,14H,3,13,15,20H2,1-2H3. The molecule has 0 unspecified atom stereocenters. The quantitative estimate of drug-likeness (QED) is 0.804. The Balaban J connectivity index is 2.40. The average molecular weight is 358 g/mol. The highest BCUT2D eigenvalue weighted by atomic mass is 32.2. The van der Waals surface area contributed by atoms with Gasteiger partial charge in [-0.2, -0.15) is 4.31 Å². The van der Waals surface area contributed by atoms with E-state index >= 15 is 0 Å². The van der Waals surface area contributed by atoms with Gasteiger partial charge in [-0.05, 0) is 23.8 Å². The third kappa shape index (κ3) is 4.60. The van der Waals surface area contributed by atoms with Crippen molar-refractivity contribution in [2.45, 2.75) is 18.4 Å². The number of sulfonamides is 1. The largest absolute Gasteiger partial charge is 0.495 e. The molecule has 0 spiro atoms. The monoisotopic (exact) mass is 358 g/mol. The summed E-state index contributed by atoms with van der Waals surface area (Å²) < 4.78 is 32.7. The van der Waals surface area contributed by atoms with Crippen LogP contribution in [0.25, 0.3) is 0 Å². The van der Waals surface area contributed by atoms with Crippen LogP contribution in [0.15, 0.2) is 53.4 Å². The van der Waals surface area contributed by atoms with Crippen molar-refractivity contribution < 1.29 is 13.2 Å². The van der Waals surface area contributed by atoms with Crippen LogP contribution in [0.2, 0.25) is 0 Å². The number of hydrogen-bond donors (Lipinski definition) is 1. The van der Waals surface area contributed by atoms with E-state index in [0.29, 0.717) is 24.4 Å². The molecule has 0 radical (unpaired) electrons. The molecular formula is C19H22N2O3S. The summed E-state index contributed by atoms with van der Waals surface area (Å²) in [4.78, 5) is 0.187. The maximum atomic E-state index is 13.0. The van der Waals surface area contributed by atoms with E-state index in [9.17, 15) is 8.42 Å². The van der Waals surface area contributed by atoms with Crippen molar-refractivity contribution in [3.05, 3.63) is 59.7 Å². The van der Waals surface area contributed by atoms with Crippen LogP contribution in [0, 0.1) is 11.8 Å². The Hall–Kier alpha value is -2.33. The summed E-state index contributed by atoms with van der Waals surface area (Å²) in [6, 6.07) is 14.2. The lowest BCUT2D eigenvalue weighted by Gasteiger charge is -2.21. The lowest BCUT2D eigenvalue weighted by molar-refractivity contribution is 0.412. The first-order valence-corrected chi connectivity index (χ1v) is 9.38. The number of nitrogens with zero attached hydrogens (tertiary/aromatic N) is 1. The van der Waals surface area contributed by atoms with Gasteiger partial charge in [0, 0.05) is 13.1 Å². The molecule has 5 nitrogen and oxygen atoms in total. The van der Waals surface area contributed by atoms with Crippen molar-refractivity contribution in [3.63, 3.8) is 0 Å². The van der Waals surface area contributed by atoms with E-state index in [0.717, 1.165) is 5.56 Å². The summed E-state index contributed by atoms with van der Waals surface area (Å²) in [5, 5.41) is 0. The van der Waals surface area contributed by atoms with Gasteiger partial charge in [-0.25, -0.2) is 8.42 Å². The van der Waals surface area contributed by atoms with Crippen molar-refractivity contribution in [1.29, 1.82) is 0 Å². The van der Waals surface area contributed by atoms with E-state index in [1.54, 1.807) is 6.07 Å². The van der Waals surface area contributed by atoms with Crippen molar-refractivity contribution in [2.75, 3.05) is 20.2 Å². The number of ether oxygens (including phenoxy) is 1. The zero-order valence-electron chi connectivity index (χ0n) is 14.4. The number of rotatable bonds is 6. The Kier molecular flexibility index (Phi) is 6.59. The van der Waals surface area contributed by atoms with Gasteiger partial charge in [-0.1, -0.05) is 49.1 Å². The molecule has 2 aromatic rings. The Morgan fingerprint density at radius 1 is 1.16 bits per heavy atom. The lowest BCUT2D eigenvalue weighted by atomic mass is 10.2. The van der Waals surface area contributed by atoms with E-state index < -0.39 is 10.0 Å². The molecule has 0 aliphatic heterocycles. The first-order chi connectivity index (χ1) is 12.0. The van der Waals surface area contributed by atoms with Gasteiger partial charge in [0.25, 0.3) is 0 Å². The normalized spacial score (nSPS) is 11.0. The fourth-order valence-corrected chi connectivity index (χ4v) is 3.86. The zero-order chi connectivity index (χ0) is 18.3. The van der Waals surface area contributed by atoms with Gasteiger partial charge >= 0.3 is 0 Å². The molecule has 0 bridgehead atoms. The zero-order valence-corrected chi connectivity index (χ0v) is 15.2. The van der Waals surface area contributed by atoms with Crippen molar-refractivity contribution in [1.82, 2.24) is 4.31 Å². The molecule has 132 valence electrons. The Bertz CT molecular complexity index is 869. The molecule has 0 aliphatic rings. The first-order valence-electron chi connectivity index (χ1n) is 7.94. The van der Waals surface area contributed by atoms with Gasteiger partial charge in [0.05, 0.1) is 24.1 Å². The molecule has 2 rings (SSSR count). The summed E-state index contributed by atoms with van der Waals surface area (Å²) in [6.07, 6.45) is 0. The van der Waals surface area contributed by atoms with Crippen LogP contribution in [-0.2, 0) is 16.6 Å². The van der Waals surface area contributed by atoms with Crippen LogP contribution in [0.3, 0.4) is 0 Å². The highest BCUT2D eigenvalue weighted by Gasteiger charge is 2.24. The second kappa shape index (κ2) is 8.67. The Morgan fingerprint density at radius 3 is 2.48 bits per heavy atom. The van der Waals surface area contributed by atoms with Crippen LogP contribution < -0.4 is 10.5 Å². The fraction of sp³-hybridized carbons (Fsp3) is 0.263. The van der Waals surface area contributed by atoms with Gasteiger partial charge < -0.3 is 10.5 Å². The smallest absolute Gasteiger partial charge is 0.243 e. The van der Waals surface area contributed by atoms with Crippen LogP contribution in [-0.4, -0.2) is 32.9 Å².